The maximum atomic E-state index is 14.5. The average molecular weight is 733 g/mol. The topological polar surface area (TPSA) is 108 Å². The number of halogens is 1. The third-order valence-electron chi connectivity index (χ3n) is 12.2. The molecule has 4 atom stereocenters. The van der Waals surface area contributed by atoms with E-state index in [0.29, 0.717) is 30.6 Å². The Morgan fingerprint density at radius 1 is 1.00 bits per heavy atom. The van der Waals surface area contributed by atoms with Crippen molar-refractivity contribution in [3.63, 3.8) is 0 Å². The molecule has 1 aromatic heterocycles. The quantitative estimate of drug-likeness (QED) is 0.265. The molecule has 2 aliphatic carbocycles. The lowest BCUT2D eigenvalue weighted by molar-refractivity contribution is -0.151. The number of benzene rings is 1. The van der Waals surface area contributed by atoms with E-state index >= 15 is 0 Å². The van der Waals surface area contributed by atoms with E-state index in [4.69, 9.17) is 9.47 Å². The van der Waals surface area contributed by atoms with Gasteiger partial charge in [-0.3, -0.25) is 14.5 Å². The molecule has 4 saturated heterocycles. The number of anilines is 1. The molecule has 6 aliphatic rings. The van der Waals surface area contributed by atoms with Crippen molar-refractivity contribution in [3.8, 4) is 11.5 Å². The van der Waals surface area contributed by atoms with E-state index in [-0.39, 0.29) is 58.7 Å². The number of piperidine rings is 3. The fourth-order valence-electron chi connectivity index (χ4n) is 9.61. The van der Waals surface area contributed by atoms with Crippen LogP contribution in [-0.4, -0.2) is 98.5 Å². The lowest BCUT2D eigenvalue weighted by atomic mass is 9.66. The van der Waals surface area contributed by atoms with Crippen molar-refractivity contribution >= 4 is 23.7 Å². The lowest BCUT2D eigenvalue weighted by Crippen LogP contribution is -2.67. The Hall–Kier alpha value is -3.96. The molecule has 1 spiro atoms. The number of ether oxygens (including phenoxy) is 2. The summed E-state index contributed by atoms with van der Waals surface area (Å²) in [6.45, 7) is 16.2. The van der Waals surface area contributed by atoms with Crippen molar-refractivity contribution in [3.05, 3.63) is 42.1 Å². The summed E-state index contributed by atoms with van der Waals surface area (Å²) in [4.78, 5) is 58.3. The highest BCUT2D eigenvalue weighted by Gasteiger charge is 2.55. The molecule has 1 aromatic carbocycles. The van der Waals surface area contributed by atoms with Gasteiger partial charge in [-0.1, -0.05) is 12.8 Å². The van der Waals surface area contributed by atoms with Gasteiger partial charge in [-0.25, -0.2) is 19.2 Å². The summed E-state index contributed by atoms with van der Waals surface area (Å²) in [6, 6.07) is 3.44. The van der Waals surface area contributed by atoms with Gasteiger partial charge in [-0.05, 0) is 123 Å². The normalized spacial score (nSPS) is 25.1. The first kappa shape index (κ1) is 37.4. The molecule has 4 aliphatic heterocycles. The Balaban J connectivity index is 1.02. The molecular formula is C41H57FN6O5. The fraction of sp³-hybridized carbons (Fsp3) is 0.683. The van der Waals surface area contributed by atoms with Gasteiger partial charge >= 0.3 is 6.09 Å². The number of likely N-dealkylation sites (tertiary alicyclic amines) is 1. The summed E-state index contributed by atoms with van der Waals surface area (Å²) in [7, 11) is 0. The van der Waals surface area contributed by atoms with Crippen LogP contribution in [0.15, 0.2) is 30.7 Å². The summed E-state index contributed by atoms with van der Waals surface area (Å²) in [6.07, 6.45) is 11.1. The summed E-state index contributed by atoms with van der Waals surface area (Å²) < 4.78 is 26.7. The van der Waals surface area contributed by atoms with Gasteiger partial charge in [-0.15, -0.1) is 0 Å². The monoisotopic (exact) mass is 732 g/mol. The Morgan fingerprint density at radius 2 is 1.70 bits per heavy atom. The van der Waals surface area contributed by atoms with Gasteiger partial charge in [0.1, 0.15) is 29.5 Å². The molecule has 2 bridgehead atoms. The predicted octanol–water partition coefficient (Wildman–Crippen LogP) is 7.30. The minimum absolute atomic E-state index is 0.0246. The van der Waals surface area contributed by atoms with Crippen molar-refractivity contribution in [2.75, 3.05) is 31.1 Å². The molecule has 12 heteroatoms. The molecule has 11 nitrogen and oxygen atoms in total. The van der Waals surface area contributed by atoms with Crippen LogP contribution in [0.5, 0.6) is 11.5 Å². The highest BCUT2D eigenvalue weighted by molar-refractivity contribution is 5.97. The maximum absolute atomic E-state index is 14.5. The van der Waals surface area contributed by atoms with Crippen LogP contribution < -0.4 is 9.64 Å². The van der Waals surface area contributed by atoms with E-state index in [9.17, 15) is 18.8 Å². The Kier molecular flexibility index (Phi) is 10.1. The standard InChI is InChI=1S/C41H57FN6O5/c1-25(2)47(26(3)4)37(49)31-20-30(42)11-13-33(31)52-34-21-43-24-44-36(34)46-22-41(23-46)14-16-45(17-15-41)38(50)35-28-10-12-32(29(19-28)18-27-8-9-27)48(35)39(51)53-40(5,6)7/h11,13,20-21,24-29,32,35H,8-10,12,14-19,22-23H2,1-7H3/t28-,29+,32+,35+/m1/s1. The number of carbonyl (C=O) groups excluding carboxylic acids is 3. The second-order valence-electron chi connectivity index (χ2n) is 17.9. The highest BCUT2D eigenvalue weighted by atomic mass is 19.1. The molecule has 288 valence electrons. The van der Waals surface area contributed by atoms with Crippen molar-refractivity contribution in [2.45, 2.75) is 130 Å². The van der Waals surface area contributed by atoms with Crippen LogP contribution in [-0.2, 0) is 9.53 Å². The minimum Gasteiger partial charge on any atom is -0.451 e. The number of fused-ring (bicyclic) bond motifs is 3. The number of amides is 3. The van der Waals surface area contributed by atoms with E-state index in [1.165, 1.54) is 37.4 Å². The molecule has 2 saturated carbocycles. The van der Waals surface area contributed by atoms with Crippen LogP contribution in [0.1, 0.15) is 110 Å². The van der Waals surface area contributed by atoms with Crippen LogP contribution >= 0.6 is 0 Å². The third kappa shape index (κ3) is 7.69. The Bertz CT molecular complexity index is 1680. The van der Waals surface area contributed by atoms with E-state index < -0.39 is 17.5 Å². The molecule has 0 N–H and O–H groups in total. The number of hydrogen-bond acceptors (Lipinski definition) is 8. The Labute approximate surface area is 313 Å². The van der Waals surface area contributed by atoms with Crippen molar-refractivity contribution < 1.29 is 28.2 Å². The van der Waals surface area contributed by atoms with Crippen LogP contribution in [0.2, 0.25) is 0 Å². The smallest absolute Gasteiger partial charge is 0.411 e. The first-order valence-electron chi connectivity index (χ1n) is 19.8. The van der Waals surface area contributed by atoms with E-state index in [1.807, 2.05) is 58.3 Å². The van der Waals surface area contributed by atoms with E-state index in [2.05, 4.69) is 14.9 Å². The van der Waals surface area contributed by atoms with Gasteiger partial charge in [0.25, 0.3) is 5.91 Å². The molecule has 2 aromatic rings. The number of aromatic nitrogens is 2. The summed E-state index contributed by atoms with van der Waals surface area (Å²) in [5, 5.41) is 0. The minimum atomic E-state index is -0.628. The van der Waals surface area contributed by atoms with Gasteiger partial charge < -0.3 is 24.2 Å². The summed E-state index contributed by atoms with van der Waals surface area (Å²) in [5.41, 5.74) is -0.456. The zero-order chi connectivity index (χ0) is 37.8. The molecule has 53 heavy (non-hydrogen) atoms. The molecule has 0 radical (unpaired) electrons. The van der Waals surface area contributed by atoms with Crippen molar-refractivity contribution in [1.29, 1.82) is 0 Å². The second kappa shape index (κ2) is 14.4. The van der Waals surface area contributed by atoms with Crippen molar-refractivity contribution in [2.24, 2.45) is 23.2 Å². The molecule has 8 rings (SSSR count). The van der Waals surface area contributed by atoms with Gasteiger partial charge in [0.15, 0.2) is 11.6 Å². The van der Waals surface area contributed by atoms with Crippen LogP contribution in [0.3, 0.4) is 0 Å². The molecule has 6 fully saturated rings. The first-order valence-corrected chi connectivity index (χ1v) is 19.8. The molecule has 0 unspecified atom stereocenters. The van der Waals surface area contributed by atoms with Crippen LogP contribution in [0, 0.1) is 29.0 Å². The van der Waals surface area contributed by atoms with Gasteiger partial charge in [0, 0.05) is 49.7 Å². The second-order valence-corrected chi connectivity index (χ2v) is 17.9. The zero-order valence-electron chi connectivity index (χ0n) is 32.5. The van der Waals surface area contributed by atoms with Gasteiger partial charge in [0.05, 0.1) is 11.8 Å². The predicted molar refractivity (Wildman–Crippen MR) is 199 cm³/mol. The fourth-order valence-corrected chi connectivity index (χ4v) is 9.61. The average Bonchev–Trinajstić information content (AvgIpc) is 3.91. The summed E-state index contributed by atoms with van der Waals surface area (Å²) in [5.74, 6) is 1.90. The van der Waals surface area contributed by atoms with E-state index in [1.54, 1.807) is 11.1 Å². The molecule has 5 heterocycles. The Morgan fingerprint density at radius 3 is 2.34 bits per heavy atom. The number of carbonyl (C=O) groups is 3. The summed E-state index contributed by atoms with van der Waals surface area (Å²) >= 11 is 0. The largest absolute Gasteiger partial charge is 0.451 e. The van der Waals surface area contributed by atoms with Gasteiger partial charge in [0.2, 0.25) is 5.91 Å². The number of nitrogens with zero attached hydrogens (tertiary/aromatic N) is 6. The molecular weight excluding hydrogens is 675 g/mol. The number of rotatable bonds is 9. The zero-order valence-corrected chi connectivity index (χ0v) is 32.5. The highest BCUT2D eigenvalue weighted by Crippen LogP contribution is 2.50. The van der Waals surface area contributed by atoms with Crippen molar-refractivity contribution in [1.82, 2.24) is 24.7 Å². The third-order valence-corrected chi connectivity index (χ3v) is 12.2. The lowest BCUT2D eigenvalue weighted by Gasteiger charge is -2.57. The van der Waals surface area contributed by atoms with E-state index in [0.717, 1.165) is 57.5 Å². The first-order chi connectivity index (χ1) is 25.1. The molecule has 3 amide bonds. The van der Waals surface area contributed by atoms with Crippen LogP contribution in [0.4, 0.5) is 15.0 Å². The SMILES string of the molecule is CC(C)N(C(=O)c1cc(F)ccc1Oc1cncnc1N1CC2(CCN(C(=O)[C@@H]3[C@@H]4CC[C@@H]([C@@H](CC5CC5)C4)N3C(=O)OC(C)(C)C)CC2)C1)C(C)C. The maximum Gasteiger partial charge on any atom is 0.411 e. The number of hydrogen-bond donors (Lipinski definition) is 0. The van der Waals surface area contributed by atoms with Gasteiger partial charge in [-0.2, -0.15) is 0 Å². The van der Waals surface area contributed by atoms with Crippen LogP contribution in [0.25, 0.3) is 0 Å².